The molecule has 0 aliphatic carbocycles. The molecule has 31 heavy (non-hydrogen) atoms. The number of fused-ring (bicyclic) bond motifs is 1. The normalized spacial score (nSPS) is 16.5. The fraction of sp³-hybridized carbons (Fsp3) is 0.333. The maximum absolute atomic E-state index is 13.2. The standard InChI is InChI=1S/C24H26ClN3O3/c25-18-9-10-20-19(14-18)21(16-6-2-1-3-7-16)22(24(31)27-20)28-12-4-8-17(15-28)23(30)26-11-5-13-29/h1-3,6-7,9-10,14,17,29H,4-5,8,11-13,15H2,(H,26,30)(H,27,31). The van der Waals surface area contributed by atoms with Crippen molar-refractivity contribution in [2.24, 2.45) is 5.92 Å². The third-order valence-electron chi connectivity index (χ3n) is 5.76. The van der Waals surface area contributed by atoms with Gasteiger partial charge in [-0.05, 0) is 43.0 Å². The number of rotatable bonds is 6. The number of aromatic nitrogens is 1. The van der Waals surface area contributed by atoms with E-state index in [-0.39, 0.29) is 24.0 Å². The number of piperidine rings is 1. The number of carbonyl (C=O) groups excluding carboxylic acids is 1. The Balaban J connectivity index is 1.77. The molecule has 0 spiro atoms. The number of hydrogen-bond acceptors (Lipinski definition) is 4. The molecule has 2 aromatic carbocycles. The van der Waals surface area contributed by atoms with Crippen molar-refractivity contribution in [1.29, 1.82) is 0 Å². The average Bonchev–Trinajstić information content (AvgIpc) is 2.79. The first-order valence-electron chi connectivity index (χ1n) is 10.6. The van der Waals surface area contributed by atoms with Crippen LogP contribution in [0.1, 0.15) is 19.3 Å². The van der Waals surface area contributed by atoms with E-state index in [1.54, 1.807) is 6.07 Å². The number of pyridine rings is 1. The largest absolute Gasteiger partial charge is 0.396 e. The summed E-state index contributed by atoms with van der Waals surface area (Å²) in [5.41, 5.74) is 2.91. The van der Waals surface area contributed by atoms with Gasteiger partial charge in [-0.3, -0.25) is 9.59 Å². The minimum absolute atomic E-state index is 0.0281. The van der Waals surface area contributed by atoms with Crippen LogP contribution in [0.15, 0.2) is 53.3 Å². The first-order chi connectivity index (χ1) is 15.1. The second kappa shape index (κ2) is 9.54. The summed E-state index contributed by atoms with van der Waals surface area (Å²) in [5.74, 6) is -0.231. The Hall–Kier alpha value is -2.83. The van der Waals surface area contributed by atoms with E-state index in [4.69, 9.17) is 16.7 Å². The lowest BCUT2D eigenvalue weighted by Crippen LogP contribution is -2.45. The number of anilines is 1. The first-order valence-corrected chi connectivity index (χ1v) is 11.0. The Morgan fingerprint density at radius 2 is 2.03 bits per heavy atom. The third-order valence-corrected chi connectivity index (χ3v) is 5.99. The van der Waals surface area contributed by atoms with E-state index in [1.807, 2.05) is 47.4 Å². The van der Waals surface area contributed by atoms with Crippen molar-refractivity contribution in [3.05, 3.63) is 63.9 Å². The van der Waals surface area contributed by atoms with Gasteiger partial charge in [0.1, 0.15) is 5.69 Å². The molecular weight excluding hydrogens is 414 g/mol. The molecule has 3 aromatic rings. The van der Waals surface area contributed by atoms with Gasteiger partial charge < -0.3 is 20.3 Å². The topological polar surface area (TPSA) is 85.4 Å². The van der Waals surface area contributed by atoms with E-state index in [0.29, 0.717) is 36.8 Å². The van der Waals surface area contributed by atoms with Crippen LogP contribution in [0.3, 0.4) is 0 Å². The Bertz CT molecular complexity index is 1130. The molecule has 4 rings (SSSR count). The molecule has 162 valence electrons. The van der Waals surface area contributed by atoms with E-state index in [2.05, 4.69) is 10.3 Å². The summed E-state index contributed by atoms with van der Waals surface area (Å²) < 4.78 is 0. The maximum Gasteiger partial charge on any atom is 0.272 e. The van der Waals surface area contributed by atoms with Gasteiger partial charge in [0.15, 0.2) is 0 Å². The summed E-state index contributed by atoms with van der Waals surface area (Å²) in [6.45, 7) is 1.68. The monoisotopic (exact) mass is 439 g/mol. The summed E-state index contributed by atoms with van der Waals surface area (Å²) >= 11 is 6.30. The molecule has 2 heterocycles. The number of aromatic amines is 1. The average molecular weight is 440 g/mol. The Morgan fingerprint density at radius 1 is 1.23 bits per heavy atom. The summed E-state index contributed by atoms with van der Waals surface area (Å²) in [5, 5.41) is 13.3. The van der Waals surface area contributed by atoms with Gasteiger partial charge in [0.2, 0.25) is 5.91 Å². The number of aliphatic hydroxyl groups is 1. The number of nitrogens with one attached hydrogen (secondary N) is 2. The molecule has 1 amide bonds. The van der Waals surface area contributed by atoms with E-state index in [0.717, 1.165) is 34.9 Å². The van der Waals surface area contributed by atoms with Gasteiger partial charge in [0, 0.05) is 47.7 Å². The highest BCUT2D eigenvalue weighted by Gasteiger charge is 2.29. The van der Waals surface area contributed by atoms with Crippen LogP contribution in [0.4, 0.5) is 5.69 Å². The highest BCUT2D eigenvalue weighted by atomic mass is 35.5. The summed E-state index contributed by atoms with van der Waals surface area (Å²) in [4.78, 5) is 30.9. The molecule has 7 heteroatoms. The third kappa shape index (κ3) is 4.60. The van der Waals surface area contributed by atoms with Gasteiger partial charge in [-0.1, -0.05) is 41.9 Å². The van der Waals surface area contributed by atoms with Gasteiger partial charge in [-0.25, -0.2) is 0 Å². The number of amides is 1. The van der Waals surface area contributed by atoms with Crippen LogP contribution in [-0.4, -0.2) is 42.2 Å². The Kier molecular flexibility index (Phi) is 6.59. The number of carbonyl (C=O) groups is 1. The summed E-state index contributed by atoms with van der Waals surface area (Å²) in [6.07, 6.45) is 2.13. The van der Waals surface area contributed by atoms with Crippen molar-refractivity contribution < 1.29 is 9.90 Å². The van der Waals surface area contributed by atoms with Crippen LogP contribution in [0.5, 0.6) is 0 Å². The highest BCUT2D eigenvalue weighted by molar-refractivity contribution is 6.31. The molecule has 6 nitrogen and oxygen atoms in total. The van der Waals surface area contributed by atoms with Crippen molar-refractivity contribution in [3.63, 3.8) is 0 Å². The van der Waals surface area contributed by atoms with Crippen LogP contribution in [0.2, 0.25) is 5.02 Å². The van der Waals surface area contributed by atoms with Crippen LogP contribution in [0.25, 0.3) is 22.0 Å². The number of nitrogens with zero attached hydrogens (tertiary/aromatic N) is 1. The number of halogens is 1. The van der Waals surface area contributed by atoms with Crippen molar-refractivity contribution in [2.45, 2.75) is 19.3 Å². The zero-order valence-corrected chi connectivity index (χ0v) is 18.0. The number of benzene rings is 2. The molecule has 3 N–H and O–H groups in total. The van der Waals surface area contributed by atoms with Crippen LogP contribution >= 0.6 is 11.6 Å². The quantitative estimate of drug-likeness (QED) is 0.512. The Labute approximate surface area is 185 Å². The van der Waals surface area contributed by atoms with Crippen molar-refractivity contribution in [1.82, 2.24) is 10.3 Å². The molecule has 1 aliphatic rings. The molecule has 1 saturated heterocycles. The van der Waals surface area contributed by atoms with Gasteiger partial charge in [-0.2, -0.15) is 0 Å². The minimum Gasteiger partial charge on any atom is -0.396 e. The highest BCUT2D eigenvalue weighted by Crippen LogP contribution is 2.37. The molecule has 1 unspecified atom stereocenters. The molecule has 1 aromatic heterocycles. The van der Waals surface area contributed by atoms with Gasteiger partial charge >= 0.3 is 0 Å². The fourth-order valence-corrected chi connectivity index (χ4v) is 4.46. The molecule has 0 bridgehead atoms. The second-order valence-electron chi connectivity index (χ2n) is 7.89. The predicted octanol–water partition coefficient (Wildman–Crippen LogP) is 3.56. The molecule has 0 saturated carbocycles. The van der Waals surface area contributed by atoms with Crippen molar-refractivity contribution in [3.8, 4) is 11.1 Å². The molecule has 1 fully saturated rings. The summed E-state index contributed by atoms with van der Waals surface area (Å²) in [7, 11) is 0. The van der Waals surface area contributed by atoms with Crippen LogP contribution in [0, 0.1) is 5.92 Å². The van der Waals surface area contributed by atoms with Crippen molar-refractivity contribution >= 4 is 34.1 Å². The molecule has 1 aliphatic heterocycles. The lowest BCUT2D eigenvalue weighted by Gasteiger charge is -2.34. The maximum atomic E-state index is 13.2. The molecule has 1 atom stereocenters. The van der Waals surface area contributed by atoms with Crippen LogP contribution in [-0.2, 0) is 4.79 Å². The summed E-state index contributed by atoms with van der Waals surface area (Å²) in [6, 6.07) is 15.3. The smallest absolute Gasteiger partial charge is 0.272 e. The number of aliphatic hydroxyl groups excluding tert-OH is 1. The van der Waals surface area contributed by atoms with E-state index < -0.39 is 0 Å². The van der Waals surface area contributed by atoms with Gasteiger partial charge in [0.25, 0.3) is 5.56 Å². The Morgan fingerprint density at radius 3 is 2.81 bits per heavy atom. The zero-order chi connectivity index (χ0) is 21.8. The van der Waals surface area contributed by atoms with E-state index in [9.17, 15) is 9.59 Å². The SMILES string of the molecule is O=C(NCCCO)C1CCCN(c2c(-c3ccccc3)c3cc(Cl)ccc3[nH]c2=O)C1. The molecule has 0 radical (unpaired) electrons. The second-order valence-corrected chi connectivity index (χ2v) is 8.32. The van der Waals surface area contributed by atoms with Crippen molar-refractivity contribution in [2.75, 3.05) is 31.1 Å². The lowest BCUT2D eigenvalue weighted by atomic mass is 9.94. The predicted molar refractivity (Wildman–Crippen MR) is 125 cm³/mol. The first kappa shape index (κ1) is 21.4. The fourth-order valence-electron chi connectivity index (χ4n) is 4.28. The number of hydrogen-bond donors (Lipinski definition) is 3. The number of H-pyrrole nitrogens is 1. The van der Waals surface area contributed by atoms with Crippen LogP contribution < -0.4 is 15.8 Å². The van der Waals surface area contributed by atoms with Gasteiger partial charge in [-0.15, -0.1) is 0 Å². The van der Waals surface area contributed by atoms with Gasteiger partial charge in [0.05, 0.1) is 5.92 Å². The lowest BCUT2D eigenvalue weighted by molar-refractivity contribution is -0.125. The van der Waals surface area contributed by atoms with E-state index in [1.165, 1.54) is 0 Å². The minimum atomic E-state index is -0.203. The zero-order valence-electron chi connectivity index (χ0n) is 17.2. The molecular formula is C24H26ClN3O3. The van der Waals surface area contributed by atoms with E-state index >= 15 is 0 Å².